The summed E-state index contributed by atoms with van der Waals surface area (Å²) >= 11 is 9.09. The summed E-state index contributed by atoms with van der Waals surface area (Å²) in [5, 5.41) is 23.2. The van der Waals surface area contributed by atoms with Crippen LogP contribution in [0.3, 0.4) is 0 Å². The molecule has 1 amide bonds. The maximum atomic E-state index is 12.9. The molecule has 39 heavy (non-hydrogen) atoms. The van der Waals surface area contributed by atoms with Crippen LogP contribution < -0.4 is 10.1 Å². The molecule has 0 saturated carbocycles. The van der Waals surface area contributed by atoms with Crippen LogP contribution in [0.2, 0.25) is 5.02 Å². The molecule has 0 radical (unpaired) electrons. The minimum Gasteiger partial charge on any atom is -0.484 e. The lowest BCUT2D eigenvalue weighted by molar-refractivity contribution is -0.113. The zero-order valence-corrected chi connectivity index (χ0v) is 25.2. The molecular weight excluding hydrogens is 550 g/mol. The molecule has 1 aliphatic rings. The average molecular weight is 584 g/mol. The first-order valence-electron chi connectivity index (χ1n) is 13.1. The van der Waals surface area contributed by atoms with Gasteiger partial charge in [0.15, 0.2) is 11.0 Å². The molecule has 0 spiro atoms. The standard InChI is InChI=1S/C29H34ClN5O2S2/c1-6-12-35-25(16-37-23-13-18(3)8-11-22(23)30)33-34-28(35)38-17-26(36)32-27-21(15-31)20-10-9-19(14-24(20)39-27)29(4,5)7-2/h6,8,11,13,19H,1,7,9-10,12,14,16-17H2,2-5H3,(H,32,36). The predicted molar refractivity (Wildman–Crippen MR) is 159 cm³/mol. The van der Waals surface area contributed by atoms with Gasteiger partial charge in [-0.15, -0.1) is 28.1 Å². The minimum atomic E-state index is -0.182. The molecule has 2 aromatic heterocycles. The predicted octanol–water partition coefficient (Wildman–Crippen LogP) is 7.21. The second kappa shape index (κ2) is 12.6. The topological polar surface area (TPSA) is 92.8 Å². The Labute approximate surface area is 243 Å². The summed E-state index contributed by atoms with van der Waals surface area (Å²) in [6.45, 7) is 13.3. The molecule has 4 rings (SSSR count). The molecule has 10 heteroatoms. The van der Waals surface area contributed by atoms with Gasteiger partial charge in [0.2, 0.25) is 5.91 Å². The van der Waals surface area contributed by atoms with E-state index in [0.717, 1.165) is 36.8 Å². The van der Waals surface area contributed by atoms with E-state index in [2.05, 4.69) is 48.9 Å². The van der Waals surface area contributed by atoms with Crippen molar-refractivity contribution in [3.63, 3.8) is 0 Å². The number of ether oxygens (including phenoxy) is 1. The Kier molecular flexibility index (Phi) is 9.42. The molecule has 0 fully saturated rings. The number of rotatable bonds is 11. The van der Waals surface area contributed by atoms with E-state index in [1.807, 2.05) is 23.6 Å². The average Bonchev–Trinajstić information content (AvgIpc) is 3.47. The number of fused-ring (bicyclic) bond motifs is 1. The number of hydrogen-bond acceptors (Lipinski definition) is 7. The maximum absolute atomic E-state index is 12.9. The number of nitrogens with one attached hydrogen (secondary N) is 1. The van der Waals surface area contributed by atoms with Crippen LogP contribution in [0, 0.1) is 29.6 Å². The SMILES string of the molecule is C=CCn1c(COc2cc(C)ccc2Cl)nnc1SCC(=O)Nc1sc2c(c1C#N)CCC(C(C)(C)CC)C2. The Morgan fingerprint density at radius 1 is 1.44 bits per heavy atom. The van der Waals surface area contributed by atoms with Gasteiger partial charge in [0.05, 0.1) is 16.3 Å². The summed E-state index contributed by atoms with van der Waals surface area (Å²) in [5.74, 6) is 1.72. The van der Waals surface area contributed by atoms with Crippen LogP contribution in [-0.2, 0) is 30.8 Å². The number of aromatic nitrogens is 3. The van der Waals surface area contributed by atoms with Gasteiger partial charge >= 0.3 is 0 Å². The molecule has 206 valence electrons. The smallest absolute Gasteiger partial charge is 0.235 e. The lowest BCUT2D eigenvalue weighted by Crippen LogP contribution is -2.28. The number of carbonyl (C=O) groups excluding carboxylic acids is 1. The van der Waals surface area contributed by atoms with Crippen molar-refractivity contribution in [3.05, 3.63) is 63.3 Å². The molecular formula is C29H34ClN5O2S2. The summed E-state index contributed by atoms with van der Waals surface area (Å²) < 4.78 is 7.77. The van der Waals surface area contributed by atoms with Crippen molar-refractivity contribution in [2.24, 2.45) is 11.3 Å². The highest BCUT2D eigenvalue weighted by molar-refractivity contribution is 7.99. The summed E-state index contributed by atoms with van der Waals surface area (Å²) in [7, 11) is 0. The fraction of sp³-hybridized carbons (Fsp3) is 0.448. The number of benzene rings is 1. The number of halogens is 1. The molecule has 1 atom stereocenters. The van der Waals surface area contributed by atoms with Crippen molar-refractivity contribution < 1.29 is 9.53 Å². The molecule has 7 nitrogen and oxygen atoms in total. The van der Waals surface area contributed by atoms with E-state index in [4.69, 9.17) is 16.3 Å². The zero-order chi connectivity index (χ0) is 28.2. The zero-order valence-electron chi connectivity index (χ0n) is 22.8. The van der Waals surface area contributed by atoms with Crippen LogP contribution in [0.1, 0.15) is 61.0 Å². The summed E-state index contributed by atoms with van der Waals surface area (Å²) in [5.41, 5.74) is 3.02. The van der Waals surface area contributed by atoms with Gasteiger partial charge in [-0.3, -0.25) is 9.36 Å². The Balaban J connectivity index is 1.41. The van der Waals surface area contributed by atoms with E-state index in [0.29, 0.717) is 44.8 Å². The first-order valence-corrected chi connectivity index (χ1v) is 15.2. The van der Waals surface area contributed by atoms with E-state index >= 15 is 0 Å². The van der Waals surface area contributed by atoms with Gasteiger partial charge in [0.25, 0.3) is 0 Å². The van der Waals surface area contributed by atoms with Crippen molar-refractivity contribution in [3.8, 4) is 11.8 Å². The van der Waals surface area contributed by atoms with E-state index < -0.39 is 0 Å². The van der Waals surface area contributed by atoms with Crippen molar-refractivity contribution in [2.75, 3.05) is 11.1 Å². The minimum absolute atomic E-state index is 0.138. The quantitative estimate of drug-likeness (QED) is 0.189. The number of carbonyl (C=O) groups is 1. The monoisotopic (exact) mass is 583 g/mol. The number of thiophene rings is 1. The normalized spacial score (nSPS) is 14.9. The van der Waals surface area contributed by atoms with Crippen LogP contribution in [0.25, 0.3) is 0 Å². The van der Waals surface area contributed by atoms with Gasteiger partial charge in [0.1, 0.15) is 23.4 Å². The Morgan fingerprint density at radius 2 is 2.23 bits per heavy atom. The lowest BCUT2D eigenvalue weighted by atomic mass is 9.69. The number of nitriles is 1. The van der Waals surface area contributed by atoms with Gasteiger partial charge in [-0.05, 0) is 60.8 Å². The second-order valence-corrected chi connectivity index (χ2v) is 12.9. The molecule has 1 N–H and O–H groups in total. The molecule has 0 saturated heterocycles. The molecule has 2 heterocycles. The van der Waals surface area contributed by atoms with Crippen LogP contribution >= 0.6 is 34.7 Å². The van der Waals surface area contributed by atoms with Crippen LogP contribution in [-0.4, -0.2) is 26.4 Å². The first-order chi connectivity index (χ1) is 18.7. The molecule has 1 unspecified atom stereocenters. The van der Waals surface area contributed by atoms with Gasteiger partial charge in [-0.2, -0.15) is 5.26 Å². The highest BCUT2D eigenvalue weighted by Crippen LogP contribution is 2.45. The summed E-state index contributed by atoms with van der Waals surface area (Å²) in [6, 6.07) is 7.94. The molecule has 0 bridgehead atoms. The summed E-state index contributed by atoms with van der Waals surface area (Å²) in [4.78, 5) is 14.2. The van der Waals surface area contributed by atoms with E-state index in [9.17, 15) is 10.1 Å². The number of allylic oxidation sites excluding steroid dienone is 1. The van der Waals surface area contributed by atoms with Crippen LogP contribution in [0.5, 0.6) is 5.75 Å². The first kappa shape index (κ1) is 29.2. The Bertz CT molecular complexity index is 1410. The van der Waals surface area contributed by atoms with Crippen molar-refractivity contribution >= 4 is 45.6 Å². The molecule has 0 aliphatic heterocycles. The number of nitrogens with zero attached hydrogens (tertiary/aromatic N) is 4. The van der Waals surface area contributed by atoms with Crippen LogP contribution in [0.15, 0.2) is 36.0 Å². The Hall–Kier alpha value is -2.80. The summed E-state index contributed by atoms with van der Waals surface area (Å²) in [6.07, 6.45) is 5.79. The fourth-order valence-electron chi connectivity index (χ4n) is 4.75. The molecule has 1 aliphatic carbocycles. The highest BCUT2D eigenvalue weighted by Gasteiger charge is 2.34. The van der Waals surface area contributed by atoms with Gasteiger partial charge in [-0.1, -0.05) is 62.7 Å². The van der Waals surface area contributed by atoms with Crippen LogP contribution in [0.4, 0.5) is 5.00 Å². The van der Waals surface area contributed by atoms with E-state index in [1.165, 1.54) is 16.6 Å². The Morgan fingerprint density at radius 3 is 2.95 bits per heavy atom. The lowest BCUT2D eigenvalue weighted by Gasteiger charge is -2.36. The molecule has 3 aromatic rings. The maximum Gasteiger partial charge on any atom is 0.235 e. The van der Waals surface area contributed by atoms with E-state index in [-0.39, 0.29) is 23.7 Å². The van der Waals surface area contributed by atoms with Crippen molar-refractivity contribution in [1.82, 2.24) is 14.8 Å². The third-order valence-electron chi connectivity index (χ3n) is 7.53. The number of anilines is 1. The van der Waals surface area contributed by atoms with Gasteiger partial charge < -0.3 is 10.1 Å². The van der Waals surface area contributed by atoms with E-state index in [1.54, 1.807) is 23.5 Å². The largest absolute Gasteiger partial charge is 0.484 e. The van der Waals surface area contributed by atoms with Crippen molar-refractivity contribution in [2.45, 2.75) is 71.7 Å². The van der Waals surface area contributed by atoms with Gasteiger partial charge in [0, 0.05) is 11.4 Å². The third-order valence-corrected chi connectivity index (χ3v) is 9.98. The number of amides is 1. The van der Waals surface area contributed by atoms with Crippen molar-refractivity contribution in [1.29, 1.82) is 5.26 Å². The second-order valence-electron chi connectivity index (χ2n) is 10.5. The number of aryl methyl sites for hydroxylation is 1. The number of hydrogen-bond donors (Lipinski definition) is 1. The number of thioether (sulfide) groups is 1. The molecule has 1 aromatic carbocycles. The fourth-order valence-corrected chi connectivity index (χ4v) is 6.98. The van der Waals surface area contributed by atoms with Gasteiger partial charge in [-0.25, -0.2) is 0 Å². The third kappa shape index (κ3) is 6.68. The highest BCUT2D eigenvalue weighted by atomic mass is 35.5.